The second-order valence-corrected chi connectivity index (χ2v) is 9.50. The van der Waals surface area contributed by atoms with E-state index in [-0.39, 0.29) is 5.91 Å². The average molecular weight is 557 g/mol. The van der Waals surface area contributed by atoms with E-state index in [0.717, 1.165) is 51.7 Å². The van der Waals surface area contributed by atoms with Gasteiger partial charge in [-0.15, -0.1) is 0 Å². The Kier molecular flexibility index (Phi) is 7.60. The fourth-order valence-electron chi connectivity index (χ4n) is 4.25. The van der Waals surface area contributed by atoms with Crippen molar-refractivity contribution in [1.29, 1.82) is 0 Å². The van der Waals surface area contributed by atoms with Crippen LogP contribution in [0.15, 0.2) is 48.5 Å². The summed E-state index contributed by atoms with van der Waals surface area (Å²) in [5, 5.41) is 3.63. The number of nitrogens with one attached hydrogen (secondary N) is 1. The first-order valence-corrected chi connectivity index (χ1v) is 12.5. The Morgan fingerprint density at radius 2 is 1.91 bits per heavy atom. The van der Waals surface area contributed by atoms with Gasteiger partial charge in [0.2, 0.25) is 0 Å². The van der Waals surface area contributed by atoms with Crippen molar-refractivity contribution in [2.75, 3.05) is 18.4 Å². The van der Waals surface area contributed by atoms with Gasteiger partial charge in [0.15, 0.2) is 6.10 Å². The quantitative estimate of drug-likeness (QED) is 0.320. The highest BCUT2D eigenvalue weighted by molar-refractivity contribution is 14.1. The van der Waals surface area contributed by atoms with E-state index in [1.165, 1.54) is 0 Å². The Bertz CT molecular complexity index is 1160. The normalized spacial score (nSPS) is 14.5. The van der Waals surface area contributed by atoms with Gasteiger partial charge in [-0.2, -0.15) is 0 Å². The predicted octanol–water partition coefficient (Wildman–Crippen LogP) is 5.18. The summed E-state index contributed by atoms with van der Waals surface area (Å²) in [7, 11) is 0. The molecule has 0 aliphatic carbocycles. The van der Waals surface area contributed by atoms with Crippen molar-refractivity contribution in [3.05, 3.63) is 68.9 Å². The second-order valence-electron chi connectivity index (χ2n) is 8.25. The van der Waals surface area contributed by atoms with E-state index in [4.69, 9.17) is 9.72 Å². The van der Waals surface area contributed by atoms with E-state index in [1.54, 1.807) is 0 Å². The molecule has 4 rings (SSSR count). The molecule has 6 nitrogen and oxygen atoms in total. The van der Waals surface area contributed by atoms with Crippen molar-refractivity contribution >= 4 is 51.1 Å². The predicted molar refractivity (Wildman–Crippen MR) is 138 cm³/mol. The van der Waals surface area contributed by atoms with Gasteiger partial charge in [0.05, 0.1) is 11.1 Å². The third-order valence-electron chi connectivity index (χ3n) is 5.89. The minimum absolute atomic E-state index is 0.327. The number of amides is 1. The molecule has 0 saturated heterocycles. The van der Waals surface area contributed by atoms with Crippen LogP contribution in [0.4, 0.5) is 5.69 Å². The molecule has 0 saturated carbocycles. The van der Waals surface area contributed by atoms with Gasteiger partial charge in [0.25, 0.3) is 5.91 Å². The number of halogens is 1. The molecule has 7 heteroatoms. The topological polar surface area (TPSA) is 71.5 Å². The molecule has 1 amide bonds. The van der Waals surface area contributed by atoms with Crippen LogP contribution in [0, 0.1) is 3.57 Å². The van der Waals surface area contributed by atoms with Crippen LogP contribution in [0.1, 0.15) is 48.3 Å². The first-order valence-electron chi connectivity index (χ1n) is 11.4. The molecule has 1 aliphatic heterocycles. The molecule has 33 heavy (non-hydrogen) atoms. The van der Waals surface area contributed by atoms with Gasteiger partial charge in [-0.25, -0.2) is 4.79 Å². The lowest BCUT2D eigenvalue weighted by atomic mass is 9.95. The van der Waals surface area contributed by atoms with Crippen LogP contribution >= 0.6 is 22.6 Å². The molecule has 1 atom stereocenters. The van der Waals surface area contributed by atoms with Crippen molar-refractivity contribution in [3.8, 4) is 0 Å². The number of rotatable bonds is 7. The lowest BCUT2D eigenvalue weighted by molar-refractivity contribution is -0.124. The number of anilines is 1. The largest absolute Gasteiger partial charge is 0.449 e. The first kappa shape index (κ1) is 23.6. The number of pyridine rings is 1. The van der Waals surface area contributed by atoms with Gasteiger partial charge in [-0.3, -0.25) is 14.7 Å². The molecule has 172 valence electrons. The third-order valence-corrected chi connectivity index (χ3v) is 6.61. The molecule has 2 aromatic carbocycles. The van der Waals surface area contributed by atoms with Crippen LogP contribution in [0.3, 0.4) is 0 Å². The highest BCUT2D eigenvalue weighted by Gasteiger charge is 2.29. The molecule has 0 spiro atoms. The molecule has 1 aliphatic rings. The summed E-state index contributed by atoms with van der Waals surface area (Å²) in [5.74, 6) is -0.792. The van der Waals surface area contributed by atoms with E-state index in [1.807, 2.05) is 55.5 Å². The summed E-state index contributed by atoms with van der Waals surface area (Å²) >= 11 is 2.21. The summed E-state index contributed by atoms with van der Waals surface area (Å²) in [5.41, 5.74) is 3.87. The number of benzene rings is 2. The molecule has 0 fully saturated rings. The maximum absolute atomic E-state index is 13.5. The number of carbonyl (C=O) groups is 2. The van der Waals surface area contributed by atoms with Gasteiger partial charge in [0, 0.05) is 45.4 Å². The standard InChI is InChI=1S/C26H28IN3O3/c1-3-14-30-15-13-22-20(16-30)24(19-7-5-6-8-21(19)29-22)26(32)33-23(4-2)25(31)28-18-11-9-17(27)10-12-18/h5-12,23H,3-4,13-16H2,1-2H3,(H,28,31). The lowest BCUT2D eigenvalue weighted by Crippen LogP contribution is -2.35. The molecule has 0 bridgehead atoms. The number of hydrogen-bond acceptors (Lipinski definition) is 5. The molecule has 1 aromatic heterocycles. The number of carbonyl (C=O) groups excluding carboxylic acids is 2. The van der Waals surface area contributed by atoms with E-state index >= 15 is 0 Å². The highest BCUT2D eigenvalue weighted by atomic mass is 127. The Balaban J connectivity index is 1.63. The monoisotopic (exact) mass is 557 g/mol. The average Bonchev–Trinajstić information content (AvgIpc) is 2.82. The lowest BCUT2D eigenvalue weighted by Gasteiger charge is -2.30. The van der Waals surface area contributed by atoms with Crippen molar-refractivity contribution in [1.82, 2.24) is 9.88 Å². The van der Waals surface area contributed by atoms with Crippen LogP contribution in [-0.2, 0) is 22.5 Å². The summed E-state index contributed by atoms with van der Waals surface area (Å²) < 4.78 is 6.89. The van der Waals surface area contributed by atoms with Crippen LogP contribution in [0.2, 0.25) is 0 Å². The van der Waals surface area contributed by atoms with Crippen LogP contribution in [-0.4, -0.2) is 41.0 Å². The zero-order chi connectivity index (χ0) is 23.4. The number of hydrogen-bond donors (Lipinski definition) is 1. The van der Waals surface area contributed by atoms with Crippen molar-refractivity contribution in [2.24, 2.45) is 0 Å². The van der Waals surface area contributed by atoms with Gasteiger partial charge in [-0.1, -0.05) is 32.0 Å². The second kappa shape index (κ2) is 10.6. The molecule has 3 aromatic rings. The van der Waals surface area contributed by atoms with Crippen LogP contribution < -0.4 is 5.32 Å². The fourth-order valence-corrected chi connectivity index (χ4v) is 4.61. The van der Waals surface area contributed by atoms with Crippen molar-refractivity contribution < 1.29 is 14.3 Å². The van der Waals surface area contributed by atoms with E-state index in [0.29, 0.717) is 24.2 Å². The van der Waals surface area contributed by atoms with Gasteiger partial charge in [-0.05, 0) is 72.3 Å². The summed E-state index contributed by atoms with van der Waals surface area (Å²) in [6.45, 7) is 6.56. The Morgan fingerprint density at radius 1 is 1.15 bits per heavy atom. The van der Waals surface area contributed by atoms with Crippen LogP contribution in [0.25, 0.3) is 10.9 Å². The molecular formula is C26H28IN3O3. The minimum Gasteiger partial charge on any atom is -0.449 e. The van der Waals surface area contributed by atoms with Crippen LogP contribution in [0.5, 0.6) is 0 Å². The Morgan fingerprint density at radius 3 is 2.64 bits per heavy atom. The Labute approximate surface area is 207 Å². The summed E-state index contributed by atoms with van der Waals surface area (Å²) in [6.07, 6.45) is 1.35. The van der Waals surface area contributed by atoms with Crippen molar-refractivity contribution in [3.63, 3.8) is 0 Å². The minimum atomic E-state index is -0.880. The van der Waals surface area contributed by atoms with Gasteiger partial charge in [0.1, 0.15) is 0 Å². The fraction of sp³-hybridized carbons (Fsp3) is 0.346. The number of nitrogens with zero attached hydrogens (tertiary/aromatic N) is 2. The van der Waals surface area contributed by atoms with E-state index < -0.39 is 12.1 Å². The molecule has 2 heterocycles. The highest BCUT2D eigenvalue weighted by Crippen LogP contribution is 2.29. The Hall–Kier alpha value is -2.52. The number of ether oxygens (including phenoxy) is 1. The van der Waals surface area contributed by atoms with E-state index in [9.17, 15) is 9.59 Å². The molecule has 0 radical (unpaired) electrons. The van der Waals surface area contributed by atoms with Gasteiger partial charge < -0.3 is 10.1 Å². The maximum Gasteiger partial charge on any atom is 0.340 e. The van der Waals surface area contributed by atoms with Gasteiger partial charge >= 0.3 is 5.97 Å². The zero-order valence-electron chi connectivity index (χ0n) is 18.9. The first-order chi connectivity index (χ1) is 16.0. The number of para-hydroxylation sites is 1. The molecule has 1 unspecified atom stereocenters. The smallest absolute Gasteiger partial charge is 0.340 e. The SMILES string of the molecule is CCCN1CCc2nc3ccccc3c(C(=O)OC(CC)C(=O)Nc3ccc(I)cc3)c2C1. The van der Waals surface area contributed by atoms with E-state index in [2.05, 4.69) is 39.7 Å². The summed E-state index contributed by atoms with van der Waals surface area (Å²) in [4.78, 5) is 33.6. The molecular weight excluding hydrogens is 529 g/mol. The third kappa shape index (κ3) is 5.35. The molecule has 1 N–H and O–H groups in total. The van der Waals surface area contributed by atoms with Crippen molar-refractivity contribution in [2.45, 2.75) is 45.8 Å². The number of fused-ring (bicyclic) bond motifs is 2. The number of esters is 1. The zero-order valence-corrected chi connectivity index (χ0v) is 21.1. The number of aromatic nitrogens is 1. The summed E-state index contributed by atoms with van der Waals surface area (Å²) in [6, 6.07) is 15.2. The maximum atomic E-state index is 13.5.